The summed E-state index contributed by atoms with van der Waals surface area (Å²) < 4.78 is 5.06. The third-order valence-corrected chi connectivity index (χ3v) is 3.60. The molecule has 8 heteroatoms. The Kier molecular flexibility index (Phi) is 4.71. The molecule has 1 aliphatic rings. The van der Waals surface area contributed by atoms with Gasteiger partial charge in [0.2, 0.25) is 0 Å². The van der Waals surface area contributed by atoms with Crippen LogP contribution in [0.2, 0.25) is 0 Å². The fourth-order valence-corrected chi connectivity index (χ4v) is 2.53. The number of methoxy groups -OCH3 is 1. The molecule has 1 saturated heterocycles. The Morgan fingerprint density at radius 1 is 1.41 bits per heavy atom. The number of nitro benzene ring substituents is 1. The highest BCUT2D eigenvalue weighted by molar-refractivity contribution is 5.98. The summed E-state index contributed by atoms with van der Waals surface area (Å²) >= 11 is 0. The van der Waals surface area contributed by atoms with E-state index in [0.717, 1.165) is 18.6 Å². The van der Waals surface area contributed by atoms with E-state index in [2.05, 4.69) is 0 Å². The smallest absolute Gasteiger partial charge is 0.335 e. The van der Waals surface area contributed by atoms with Crippen LogP contribution in [-0.2, 0) is 4.74 Å². The number of carbonyl (C=O) groups is 2. The van der Waals surface area contributed by atoms with Crippen LogP contribution in [0.4, 0.5) is 5.69 Å². The van der Waals surface area contributed by atoms with Crippen LogP contribution in [0.25, 0.3) is 0 Å². The lowest BCUT2D eigenvalue weighted by molar-refractivity contribution is -0.384. The zero-order valence-corrected chi connectivity index (χ0v) is 12.0. The molecule has 1 amide bonds. The van der Waals surface area contributed by atoms with Crippen molar-refractivity contribution in [3.05, 3.63) is 39.4 Å². The Labute approximate surface area is 126 Å². The normalized spacial score (nSPS) is 17.5. The molecule has 1 unspecified atom stereocenters. The molecular formula is C14H16N2O6. The van der Waals surface area contributed by atoms with Crippen molar-refractivity contribution in [2.75, 3.05) is 26.8 Å². The lowest BCUT2D eigenvalue weighted by Gasteiger charge is -2.16. The monoisotopic (exact) mass is 308 g/mol. The lowest BCUT2D eigenvalue weighted by atomic mass is 10.1. The molecular weight excluding hydrogens is 292 g/mol. The Hall–Kier alpha value is -2.48. The first-order chi connectivity index (χ1) is 10.4. The summed E-state index contributed by atoms with van der Waals surface area (Å²) in [6.45, 7) is 1.56. The van der Waals surface area contributed by atoms with E-state index >= 15 is 0 Å². The van der Waals surface area contributed by atoms with Crippen LogP contribution in [0.15, 0.2) is 18.2 Å². The number of benzene rings is 1. The molecule has 0 aromatic heterocycles. The van der Waals surface area contributed by atoms with Gasteiger partial charge in [-0.3, -0.25) is 14.9 Å². The number of non-ortho nitro benzene ring substituents is 1. The second-order valence-corrected chi connectivity index (χ2v) is 5.19. The number of carbonyl (C=O) groups excluding carboxylic acids is 1. The number of nitrogens with zero attached hydrogens (tertiary/aromatic N) is 2. The van der Waals surface area contributed by atoms with E-state index in [4.69, 9.17) is 9.84 Å². The number of aromatic carboxylic acids is 1. The third-order valence-electron chi connectivity index (χ3n) is 3.60. The largest absolute Gasteiger partial charge is 0.478 e. The molecule has 1 fully saturated rings. The van der Waals surface area contributed by atoms with Crippen molar-refractivity contribution in [2.24, 2.45) is 5.92 Å². The van der Waals surface area contributed by atoms with Crippen LogP contribution in [0, 0.1) is 16.0 Å². The molecule has 0 aliphatic carbocycles. The van der Waals surface area contributed by atoms with Gasteiger partial charge in [0.1, 0.15) is 0 Å². The third kappa shape index (κ3) is 3.40. The van der Waals surface area contributed by atoms with E-state index in [1.165, 1.54) is 6.07 Å². The highest BCUT2D eigenvalue weighted by Gasteiger charge is 2.28. The number of likely N-dealkylation sites (tertiary alicyclic amines) is 1. The van der Waals surface area contributed by atoms with Crippen molar-refractivity contribution in [3.8, 4) is 0 Å². The summed E-state index contributed by atoms with van der Waals surface area (Å²) in [6.07, 6.45) is 0.792. The van der Waals surface area contributed by atoms with Crippen molar-refractivity contribution < 1.29 is 24.4 Å². The summed E-state index contributed by atoms with van der Waals surface area (Å²) in [4.78, 5) is 35.2. The maximum Gasteiger partial charge on any atom is 0.335 e. The highest BCUT2D eigenvalue weighted by atomic mass is 16.6. The number of amides is 1. The van der Waals surface area contributed by atoms with Gasteiger partial charge in [0.25, 0.3) is 11.6 Å². The summed E-state index contributed by atoms with van der Waals surface area (Å²) in [5.41, 5.74) is -0.661. The van der Waals surface area contributed by atoms with E-state index in [-0.39, 0.29) is 17.0 Å². The molecule has 118 valence electrons. The van der Waals surface area contributed by atoms with Gasteiger partial charge in [0.15, 0.2) is 0 Å². The van der Waals surface area contributed by atoms with Gasteiger partial charge >= 0.3 is 5.97 Å². The summed E-state index contributed by atoms with van der Waals surface area (Å²) in [5.74, 6) is -1.48. The topological polar surface area (TPSA) is 110 Å². The average Bonchev–Trinajstić information content (AvgIpc) is 2.95. The van der Waals surface area contributed by atoms with E-state index < -0.39 is 22.5 Å². The number of carboxylic acid groups (broad SMARTS) is 1. The van der Waals surface area contributed by atoms with Crippen molar-refractivity contribution in [2.45, 2.75) is 6.42 Å². The van der Waals surface area contributed by atoms with Gasteiger partial charge < -0.3 is 14.7 Å². The first-order valence-corrected chi connectivity index (χ1v) is 6.73. The number of ether oxygens (including phenoxy) is 1. The van der Waals surface area contributed by atoms with Gasteiger partial charge in [-0.1, -0.05) is 0 Å². The van der Waals surface area contributed by atoms with Crippen molar-refractivity contribution >= 4 is 17.6 Å². The maximum atomic E-state index is 12.4. The summed E-state index contributed by atoms with van der Waals surface area (Å²) in [5, 5.41) is 19.9. The minimum atomic E-state index is -1.31. The molecule has 1 N–H and O–H groups in total. The Morgan fingerprint density at radius 2 is 2.09 bits per heavy atom. The van der Waals surface area contributed by atoms with Gasteiger partial charge in [-0.15, -0.1) is 0 Å². The van der Waals surface area contributed by atoms with E-state index in [1.54, 1.807) is 12.0 Å². The minimum absolute atomic E-state index is 0.0182. The molecule has 1 atom stereocenters. The standard InChI is InChI=1S/C14H16N2O6/c1-22-8-9-2-3-15(7-9)13(17)10-4-11(14(18)19)6-12(5-10)16(20)21/h4-6,9H,2-3,7-8H2,1H3,(H,18,19). The van der Waals surface area contributed by atoms with Crippen molar-refractivity contribution in [3.63, 3.8) is 0 Å². The van der Waals surface area contributed by atoms with Crippen LogP contribution in [0.5, 0.6) is 0 Å². The first kappa shape index (κ1) is 15.9. The number of hydrogen-bond donors (Lipinski definition) is 1. The fourth-order valence-electron chi connectivity index (χ4n) is 2.53. The first-order valence-electron chi connectivity index (χ1n) is 6.73. The van der Waals surface area contributed by atoms with Crippen LogP contribution in [0.1, 0.15) is 27.1 Å². The number of rotatable bonds is 5. The Balaban J connectivity index is 2.26. The SMILES string of the molecule is COCC1CCN(C(=O)c2cc(C(=O)O)cc([N+](=O)[O-])c2)C1. The van der Waals surface area contributed by atoms with E-state index in [1.807, 2.05) is 0 Å². The Morgan fingerprint density at radius 3 is 2.68 bits per heavy atom. The second kappa shape index (κ2) is 6.52. The molecule has 1 aliphatic heterocycles. The van der Waals surface area contributed by atoms with E-state index in [9.17, 15) is 19.7 Å². The molecule has 1 aromatic carbocycles. The number of nitro groups is 1. The van der Waals surface area contributed by atoms with Crippen LogP contribution in [-0.4, -0.2) is 53.6 Å². The van der Waals surface area contributed by atoms with Crippen molar-refractivity contribution in [1.29, 1.82) is 0 Å². The summed E-state index contributed by atoms with van der Waals surface area (Å²) in [7, 11) is 1.59. The zero-order chi connectivity index (χ0) is 16.3. The van der Waals surface area contributed by atoms with Gasteiger partial charge in [0, 0.05) is 43.8 Å². The van der Waals surface area contributed by atoms with Gasteiger partial charge in [-0.25, -0.2) is 4.79 Å². The van der Waals surface area contributed by atoms with E-state index in [0.29, 0.717) is 19.7 Å². The molecule has 22 heavy (non-hydrogen) atoms. The molecule has 1 aromatic rings. The second-order valence-electron chi connectivity index (χ2n) is 5.19. The quantitative estimate of drug-likeness (QED) is 0.650. The van der Waals surface area contributed by atoms with Gasteiger partial charge in [-0.05, 0) is 12.5 Å². The summed E-state index contributed by atoms with van der Waals surface area (Å²) in [6, 6.07) is 3.22. The molecule has 1 heterocycles. The van der Waals surface area contributed by atoms with Gasteiger partial charge in [-0.2, -0.15) is 0 Å². The van der Waals surface area contributed by atoms with Crippen LogP contribution < -0.4 is 0 Å². The van der Waals surface area contributed by atoms with Crippen LogP contribution in [0.3, 0.4) is 0 Å². The molecule has 0 spiro atoms. The molecule has 0 radical (unpaired) electrons. The minimum Gasteiger partial charge on any atom is -0.478 e. The predicted octanol–water partition coefficient (Wildman–Crippen LogP) is 1.40. The average molecular weight is 308 g/mol. The zero-order valence-electron chi connectivity index (χ0n) is 12.0. The molecule has 2 rings (SSSR count). The highest BCUT2D eigenvalue weighted by Crippen LogP contribution is 2.22. The van der Waals surface area contributed by atoms with Crippen molar-refractivity contribution in [1.82, 2.24) is 4.90 Å². The Bertz CT molecular complexity index is 583. The maximum absolute atomic E-state index is 12.4. The molecule has 0 saturated carbocycles. The van der Waals surface area contributed by atoms with Gasteiger partial charge in [0.05, 0.1) is 17.1 Å². The fraction of sp³-hybridized carbons (Fsp3) is 0.429. The molecule has 8 nitrogen and oxygen atoms in total. The number of carboxylic acids is 1. The van der Waals surface area contributed by atoms with Crippen LogP contribution >= 0.6 is 0 Å². The predicted molar refractivity (Wildman–Crippen MR) is 75.9 cm³/mol. The molecule has 0 bridgehead atoms. The lowest BCUT2D eigenvalue weighted by Crippen LogP contribution is -2.29. The number of hydrogen-bond acceptors (Lipinski definition) is 5.